The van der Waals surface area contributed by atoms with Crippen molar-refractivity contribution in [3.63, 3.8) is 0 Å². The van der Waals surface area contributed by atoms with Crippen LogP contribution in [0, 0.1) is 5.82 Å². The second-order valence-corrected chi connectivity index (χ2v) is 11.4. The van der Waals surface area contributed by atoms with E-state index in [-0.39, 0.29) is 55.4 Å². The second kappa shape index (κ2) is 11.7. The Labute approximate surface area is 249 Å². The predicted molar refractivity (Wildman–Crippen MR) is 157 cm³/mol. The van der Waals surface area contributed by atoms with Gasteiger partial charge in [-0.05, 0) is 30.2 Å². The molecule has 2 unspecified atom stereocenters. The highest BCUT2D eigenvalue weighted by atomic mass is 19.1. The van der Waals surface area contributed by atoms with Crippen LogP contribution >= 0.6 is 0 Å². The lowest BCUT2D eigenvalue weighted by atomic mass is 9.55. The molecule has 2 aromatic rings. The van der Waals surface area contributed by atoms with Gasteiger partial charge in [-0.1, -0.05) is 18.2 Å². The minimum absolute atomic E-state index is 0.0221. The number of hydrogen-bond donors (Lipinski definition) is 7. The number of carbonyl (C=O) groups excluding carboxylic acids is 3. The Morgan fingerprint density at radius 2 is 1.84 bits per heavy atom. The fraction of sp³-hybridized carbons (Fsp3) is 0.423. The molecule has 2 aliphatic heterocycles. The number of benzene rings is 2. The highest BCUT2D eigenvalue weighted by Gasteiger charge is 2.67. The molecule has 2 amide bonds. The van der Waals surface area contributed by atoms with Gasteiger partial charge in [-0.15, -0.1) is 0 Å². The summed E-state index contributed by atoms with van der Waals surface area (Å²) >= 11 is 0. The van der Waals surface area contributed by atoms with Crippen LogP contribution in [-0.4, -0.2) is 113 Å². The number of hydrogen-bond acceptors (Lipinski definition) is 11. The molecule has 0 spiro atoms. The number of morpholine rings is 1. The SMILES string of the molecule is BC1(B)N(Cc2ccc(CNc3cccc4c3CN(C(CCC=O)C(=O)NC)C4=O)c(F)c2)C(B)(O)C(O)(O)OC1(O)O. The van der Waals surface area contributed by atoms with E-state index in [1.807, 2.05) is 0 Å². The Hall–Kier alpha value is -3.31. The minimum atomic E-state index is -3.36. The Morgan fingerprint density at radius 1 is 1.14 bits per heavy atom. The second-order valence-electron chi connectivity index (χ2n) is 11.4. The van der Waals surface area contributed by atoms with Crippen molar-refractivity contribution in [3.8, 4) is 0 Å². The molecule has 4 rings (SSSR count). The van der Waals surface area contributed by atoms with E-state index in [2.05, 4.69) is 15.4 Å². The van der Waals surface area contributed by atoms with E-state index in [0.717, 1.165) is 12.7 Å². The Bertz CT molecular complexity index is 1400. The van der Waals surface area contributed by atoms with Crippen LogP contribution in [0.15, 0.2) is 36.4 Å². The average Bonchev–Trinajstić information content (AvgIpc) is 3.26. The molecule has 1 fully saturated rings. The number of fused-ring (bicyclic) bond motifs is 1. The van der Waals surface area contributed by atoms with Gasteiger partial charge in [0.25, 0.3) is 11.9 Å². The molecular formula is C26H34B3FN4O9. The molecule has 7 N–H and O–H groups in total. The Kier molecular flexibility index (Phi) is 8.83. The molecule has 0 bridgehead atoms. The number of amides is 2. The molecule has 1 saturated heterocycles. The minimum Gasteiger partial charge on any atom is -0.381 e. The first-order chi connectivity index (χ1) is 20.0. The zero-order chi connectivity index (χ0) is 32.0. The third-order valence-electron chi connectivity index (χ3n) is 8.31. The summed E-state index contributed by atoms with van der Waals surface area (Å²) in [5, 5.41) is 55.8. The van der Waals surface area contributed by atoms with E-state index in [0.29, 0.717) is 23.1 Å². The molecule has 2 aliphatic rings. The summed E-state index contributed by atoms with van der Waals surface area (Å²) in [5.41, 5.74) is -0.394. The summed E-state index contributed by atoms with van der Waals surface area (Å²) < 4.78 is 19.8. The fourth-order valence-corrected chi connectivity index (χ4v) is 5.47. The van der Waals surface area contributed by atoms with Gasteiger partial charge in [-0.2, -0.15) is 0 Å². The number of ether oxygens (including phenoxy) is 1. The van der Waals surface area contributed by atoms with E-state index in [4.69, 9.17) is 0 Å². The largest absolute Gasteiger partial charge is 0.381 e. The molecule has 43 heavy (non-hydrogen) atoms. The summed E-state index contributed by atoms with van der Waals surface area (Å²) in [6.07, 6.45) is 0.982. The van der Waals surface area contributed by atoms with Gasteiger partial charge in [0.1, 0.15) is 33.8 Å². The standard InChI is InChI=1S/C26H34B3FN4O9/c1-31-21(36)20(6-3-9-35)33-13-17-16(22(33)37)4-2-5-19(17)32-11-15-8-7-14(10-18(15)30)12-34-23(27,28)25(39,40)43-26(41,42)24(34,29)38/h2,4-5,7-10,20,32,38-42H,3,6,11-13,27-29H2,1H3,(H,31,36). The first kappa shape index (κ1) is 32.6. The molecule has 228 valence electrons. The molecule has 13 nitrogen and oxygen atoms in total. The van der Waals surface area contributed by atoms with Crippen LogP contribution in [0.3, 0.4) is 0 Å². The van der Waals surface area contributed by atoms with E-state index in [1.54, 1.807) is 18.2 Å². The Balaban J connectivity index is 1.52. The van der Waals surface area contributed by atoms with E-state index in [9.17, 15) is 39.9 Å². The van der Waals surface area contributed by atoms with E-state index >= 15 is 4.39 Å². The smallest absolute Gasteiger partial charge is 0.317 e. The zero-order valence-corrected chi connectivity index (χ0v) is 24.3. The Morgan fingerprint density at radius 3 is 2.47 bits per heavy atom. The number of rotatable bonds is 10. The molecule has 0 saturated carbocycles. The molecule has 0 aromatic heterocycles. The van der Waals surface area contributed by atoms with Crippen molar-refractivity contribution in [3.05, 3.63) is 64.5 Å². The van der Waals surface area contributed by atoms with Crippen LogP contribution < -0.4 is 10.6 Å². The van der Waals surface area contributed by atoms with Crippen LogP contribution in [0.1, 0.15) is 39.9 Å². The molecule has 2 heterocycles. The van der Waals surface area contributed by atoms with Gasteiger partial charge < -0.3 is 45.9 Å². The van der Waals surface area contributed by atoms with Crippen molar-refractivity contribution in [1.29, 1.82) is 0 Å². The van der Waals surface area contributed by atoms with Crippen molar-refractivity contribution in [2.45, 2.75) is 61.4 Å². The van der Waals surface area contributed by atoms with Crippen LogP contribution in [-0.2, 0) is 34.0 Å². The van der Waals surface area contributed by atoms with Gasteiger partial charge in [-0.25, -0.2) is 4.39 Å². The number of nitrogens with one attached hydrogen (secondary N) is 2. The maximum absolute atomic E-state index is 15.3. The lowest BCUT2D eigenvalue weighted by Gasteiger charge is -2.60. The lowest BCUT2D eigenvalue weighted by Crippen LogP contribution is -2.84. The molecular weight excluding hydrogens is 564 g/mol. The number of nitrogens with zero attached hydrogens (tertiary/aromatic N) is 2. The summed E-state index contributed by atoms with van der Waals surface area (Å²) in [5.74, 6) is -7.80. The van der Waals surface area contributed by atoms with Crippen molar-refractivity contribution < 1.29 is 49.0 Å². The summed E-state index contributed by atoms with van der Waals surface area (Å²) in [4.78, 5) is 38.9. The van der Waals surface area contributed by atoms with E-state index in [1.165, 1.54) is 45.8 Å². The number of carbonyl (C=O) groups is 3. The lowest BCUT2D eigenvalue weighted by molar-refractivity contribution is -0.549. The molecule has 0 radical (unpaired) electrons. The summed E-state index contributed by atoms with van der Waals surface area (Å²) in [7, 11) is 5.07. The quantitative estimate of drug-likeness (QED) is 0.0798. The molecule has 2 atom stereocenters. The maximum atomic E-state index is 15.3. The van der Waals surface area contributed by atoms with Gasteiger partial charge in [0.15, 0.2) is 13.5 Å². The fourth-order valence-electron chi connectivity index (χ4n) is 5.47. The predicted octanol–water partition coefficient (Wildman–Crippen LogP) is -4.20. The van der Waals surface area contributed by atoms with Gasteiger partial charge in [-0.3, -0.25) is 19.2 Å². The molecule has 0 aliphatic carbocycles. The van der Waals surface area contributed by atoms with Crippen LogP contribution in [0.2, 0.25) is 0 Å². The van der Waals surface area contributed by atoms with Gasteiger partial charge in [0.05, 0.1) is 0 Å². The van der Waals surface area contributed by atoms with Gasteiger partial charge in [0, 0.05) is 60.8 Å². The number of aldehydes is 1. The molecule has 2 aromatic carbocycles. The molecule has 17 heteroatoms. The zero-order valence-electron chi connectivity index (χ0n) is 24.3. The van der Waals surface area contributed by atoms with Gasteiger partial charge in [0.2, 0.25) is 5.91 Å². The summed E-state index contributed by atoms with van der Waals surface area (Å²) in [6, 6.07) is 8.41. The number of anilines is 1. The van der Waals surface area contributed by atoms with Crippen LogP contribution in [0.4, 0.5) is 10.1 Å². The third-order valence-corrected chi connectivity index (χ3v) is 8.31. The normalized spacial score (nSPS) is 23.0. The van der Waals surface area contributed by atoms with Crippen LogP contribution in [0.5, 0.6) is 0 Å². The first-order valence-corrected chi connectivity index (χ1v) is 13.7. The van der Waals surface area contributed by atoms with Crippen molar-refractivity contribution >= 4 is 47.3 Å². The topological polar surface area (TPSA) is 192 Å². The van der Waals surface area contributed by atoms with Crippen molar-refractivity contribution in [1.82, 2.24) is 15.1 Å². The van der Waals surface area contributed by atoms with Crippen molar-refractivity contribution in [2.24, 2.45) is 0 Å². The van der Waals surface area contributed by atoms with E-state index < -0.39 is 34.8 Å². The van der Waals surface area contributed by atoms with Gasteiger partial charge >= 0.3 is 5.97 Å². The highest BCUT2D eigenvalue weighted by Crippen LogP contribution is 2.41. The maximum Gasteiger partial charge on any atom is 0.317 e. The number of likely N-dealkylation sites (N-methyl/N-ethyl adjacent to an activating group) is 1. The third kappa shape index (κ3) is 5.81. The first-order valence-electron chi connectivity index (χ1n) is 13.7. The number of aliphatic hydroxyl groups is 5. The summed E-state index contributed by atoms with van der Waals surface area (Å²) in [6.45, 7) is -0.172. The van der Waals surface area contributed by atoms with Crippen molar-refractivity contribution in [2.75, 3.05) is 12.4 Å². The monoisotopic (exact) mass is 598 g/mol. The van der Waals surface area contributed by atoms with Crippen LogP contribution in [0.25, 0.3) is 0 Å². The highest BCUT2D eigenvalue weighted by molar-refractivity contribution is 6.41. The average molecular weight is 598 g/mol. The number of halogens is 1.